The highest BCUT2D eigenvalue weighted by Gasteiger charge is 2.23. The van der Waals surface area contributed by atoms with Crippen LogP contribution in [0.2, 0.25) is 0 Å². The number of nitrogens with zero attached hydrogens (tertiary/aromatic N) is 1. The van der Waals surface area contributed by atoms with Crippen LogP contribution >= 0.6 is 0 Å². The Kier molecular flexibility index (Phi) is 3.84. The van der Waals surface area contributed by atoms with Crippen LogP contribution in [-0.2, 0) is 11.2 Å². The number of carbonyl (C=O) groups is 1. The van der Waals surface area contributed by atoms with Crippen molar-refractivity contribution < 1.29 is 9.53 Å². The van der Waals surface area contributed by atoms with Crippen molar-refractivity contribution in [2.24, 2.45) is 0 Å². The van der Waals surface area contributed by atoms with Crippen LogP contribution in [0, 0.1) is 11.3 Å². The van der Waals surface area contributed by atoms with E-state index in [0.29, 0.717) is 18.5 Å². The number of hydrogen-bond donors (Lipinski definition) is 2. The van der Waals surface area contributed by atoms with Crippen molar-refractivity contribution in [3.8, 4) is 6.07 Å². The van der Waals surface area contributed by atoms with E-state index in [-0.39, 0.29) is 6.04 Å². The minimum absolute atomic E-state index is 0.0358. The number of alkyl carbamates (subject to hydrolysis) is 1. The van der Waals surface area contributed by atoms with Crippen molar-refractivity contribution in [3.63, 3.8) is 0 Å². The number of ether oxygens (including phenoxy) is 1. The molecule has 5 nitrogen and oxygen atoms in total. The summed E-state index contributed by atoms with van der Waals surface area (Å²) in [6.07, 6.45) is 0.279. The molecule has 1 aliphatic rings. The number of rotatable bonds is 1. The molecule has 5 heteroatoms. The van der Waals surface area contributed by atoms with Crippen molar-refractivity contribution in [1.82, 2.24) is 5.32 Å². The number of nitrogens with one attached hydrogen (secondary N) is 2. The number of anilines is 1. The summed E-state index contributed by atoms with van der Waals surface area (Å²) in [6, 6.07) is 7.63. The van der Waals surface area contributed by atoms with Gasteiger partial charge in [0.25, 0.3) is 0 Å². The Morgan fingerprint density at radius 1 is 1.50 bits per heavy atom. The largest absolute Gasteiger partial charge is 0.444 e. The summed E-state index contributed by atoms with van der Waals surface area (Å²) in [5.41, 5.74) is 2.18. The highest BCUT2D eigenvalue weighted by atomic mass is 16.6. The van der Waals surface area contributed by atoms with Gasteiger partial charge in [0, 0.05) is 12.2 Å². The number of fused-ring (bicyclic) bond motifs is 1. The van der Waals surface area contributed by atoms with Gasteiger partial charge in [-0.15, -0.1) is 0 Å². The summed E-state index contributed by atoms with van der Waals surface area (Å²) in [5, 5.41) is 15.0. The van der Waals surface area contributed by atoms with Crippen LogP contribution in [0.15, 0.2) is 18.2 Å². The quantitative estimate of drug-likeness (QED) is 0.824. The maximum absolute atomic E-state index is 11.7. The average molecular weight is 273 g/mol. The van der Waals surface area contributed by atoms with Crippen molar-refractivity contribution >= 4 is 11.8 Å². The number of carbonyl (C=O) groups excluding carboxylic acids is 1. The predicted octanol–water partition coefficient (Wildman–Crippen LogP) is 2.42. The zero-order valence-corrected chi connectivity index (χ0v) is 12.0. The molecule has 0 unspecified atom stereocenters. The Morgan fingerprint density at radius 3 is 2.90 bits per heavy atom. The standard InChI is InChI=1S/C15H19N3O2/c1-15(2,3)20-14(19)18-12-7-11-6-10(8-16)4-5-13(11)17-9-12/h4-6,12,17H,7,9H2,1-3H3,(H,18,19)/t12-/m0/s1. The summed E-state index contributed by atoms with van der Waals surface area (Å²) in [6.45, 7) is 6.15. The molecule has 2 N–H and O–H groups in total. The summed E-state index contributed by atoms with van der Waals surface area (Å²) in [5.74, 6) is 0. The zero-order valence-electron chi connectivity index (χ0n) is 12.0. The molecule has 106 valence electrons. The van der Waals surface area contributed by atoms with Crippen LogP contribution in [-0.4, -0.2) is 24.3 Å². The van der Waals surface area contributed by atoms with Crippen molar-refractivity contribution in [2.45, 2.75) is 38.8 Å². The van der Waals surface area contributed by atoms with Crippen LogP contribution in [0.1, 0.15) is 31.9 Å². The maximum atomic E-state index is 11.7. The van der Waals surface area contributed by atoms with Crippen LogP contribution in [0.4, 0.5) is 10.5 Å². The second-order valence-electron chi connectivity index (χ2n) is 5.91. The molecular weight excluding hydrogens is 254 g/mol. The van der Waals surface area contributed by atoms with Gasteiger partial charge in [-0.1, -0.05) is 0 Å². The highest BCUT2D eigenvalue weighted by molar-refractivity contribution is 5.69. The second-order valence-corrected chi connectivity index (χ2v) is 5.91. The van der Waals surface area contributed by atoms with Crippen LogP contribution < -0.4 is 10.6 Å². The Bertz CT molecular complexity index is 555. The third-order valence-corrected chi connectivity index (χ3v) is 2.96. The average Bonchev–Trinajstić information content (AvgIpc) is 2.35. The van der Waals surface area contributed by atoms with Crippen molar-refractivity contribution in [3.05, 3.63) is 29.3 Å². The molecule has 2 rings (SSSR count). The van der Waals surface area contributed by atoms with E-state index in [4.69, 9.17) is 10.00 Å². The fourth-order valence-corrected chi connectivity index (χ4v) is 2.15. The molecule has 0 bridgehead atoms. The molecule has 1 aromatic carbocycles. The lowest BCUT2D eigenvalue weighted by Crippen LogP contribution is -2.45. The number of hydrogen-bond acceptors (Lipinski definition) is 4. The minimum atomic E-state index is -0.502. The van der Waals surface area contributed by atoms with E-state index in [1.807, 2.05) is 32.9 Å². The van der Waals surface area contributed by atoms with Crippen molar-refractivity contribution in [2.75, 3.05) is 11.9 Å². The lowest BCUT2D eigenvalue weighted by atomic mass is 9.98. The summed E-state index contributed by atoms with van der Waals surface area (Å²) in [4.78, 5) is 11.7. The first-order valence-corrected chi connectivity index (χ1v) is 6.64. The van der Waals surface area contributed by atoms with Gasteiger partial charge < -0.3 is 15.4 Å². The fourth-order valence-electron chi connectivity index (χ4n) is 2.15. The van der Waals surface area contributed by atoms with E-state index in [2.05, 4.69) is 16.7 Å². The molecule has 0 aromatic heterocycles. The van der Waals surface area contributed by atoms with Crippen LogP contribution in [0.3, 0.4) is 0 Å². The predicted molar refractivity (Wildman–Crippen MR) is 76.5 cm³/mol. The Balaban J connectivity index is 2.00. The molecular formula is C15H19N3O2. The fraction of sp³-hybridized carbons (Fsp3) is 0.467. The summed E-state index contributed by atoms with van der Waals surface area (Å²) >= 11 is 0. The monoisotopic (exact) mass is 273 g/mol. The molecule has 1 heterocycles. The molecule has 1 aromatic rings. The van der Waals surface area contributed by atoms with E-state index in [1.54, 1.807) is 6.07 Å². The second kappa shape index (κ2) is 5.41. The van der Waals surface area contributed by atoms with Gasteiger partial charge >= 0.3 is 6.09 Å². The highest BCUT2D eigenvalue weighted by Crippen LogP contribution is 2.23. The molecule has 0 saturated carbocycles. The first kappa shape index (κ1) is 14.2. The SMILES string of the molecule is CC(C)(C)OC(=O)N[C@@H]1CNc2ccc(C#N)cc2C1. The van der Waals surface area contributed by atoms with Gasteiger partial charge in [0.2, 0.25) is 0 Å². The van der Waals surface area contributed by atoms with E-state index in [1.165, 1.54) is 0 Å². The number of benzene rings is 1. The summed E-state index contributed by atoms with van der Waals surface area (Å²) in [7, 11) is 0. The molecule has 1 amide bonds. The van der Waals surface area contributed by atoms with Crippen LogP contribution in [0.25, 0.3) is 0 Å². The molecule has 0 radical (unpaired) electrons. The molecule has 0 aliphatic carbocycles. The van der Waals surface area contributed by atoms with Gasteiger partial charge in [-0.3, -0.25) is 0 Å². The first-order valence-electron chi connectivity index (χ1n) is 6.64. The third-order valence-electron chi connectivity index (χ3n) is 2.96. The van der Waals surface area contributed by atoms with Gasteiger partial charge in [0.1, 0.15) is 5.60 Å². The Hall–Kier alpha value is -2.22. The molecule has 20 heavy (non-hydrogen) atoms. The van der Waals surface area contributed by atoms with Crippen LogP contribution in [0.5, 0.6) is 0 Å². The molecule has 1 aliphatic heterocycles. The zero-order chi connectivity index (χ0) is 14.8. The Labute approximate surface area is 118 Å². The minimum Gasteiger partial charge on any atom is -0.444 e. The topological polar surface area (TPSA) is 74.2 Å². The molecule has 0 spiro atoms. The van der Waals surface area contributed by atoms with Gasteiger partial charge in [0.15, 0.2) is 0 Å². The lowest BCUT2D eigenvalue weighted by Gasteiger charge is -2.28. The first-order chi connectivity index (χ1) is 9.37. The van der Waals surface area contributed by atoms with E-state index >= 15 is 0 Å². The van der Waals surface area contributed by atoms with Gasteiger partial charge in [-0.2, -0.15) is 5.26 Å². The van der Waals surface area contributed by atoms with E-state index in [9.17, 15) is 4.79 Å². The lowest BCUT2D eigenvalue weighted by molar-refractivity contribution is 0.0506. The van der Waals surface area contributed by atoms with E-state index < -0.39 is 11.7 Å². The third kappa shape index (κ3) is 3.64. The number of amides is 1. The van der Waals surface area contributed by atoms with Gasteiger partial charge in [-0.25, -0.2) is 4.79 Å². The van der Waals surface area contributed by atoms with Crippen molar-refractivity contribution in [1.29, 1.82) is 5.26 Å². The Morgan fingerprint density at radius 2 is 2.25 bits per heavy atom. The van der Waals surface area contributed by atoms with Gasteiger partial charge in [0.05, 0.1) is 17.7 Å². The van der Waals surface area contributed by atoms with Gasteiger partial charge in [-0.05, 0) is 51.0 Å². The van der Waals surface area contributed by atoms with E-state index in [0.717, 1.165) is 11.3 Å². The number of nitriles is 1. The molecule has 0 saturated heterocycles. The molecule has 1 atom stereocenters. The summed E-state index contributed by atoms with van der Waals surface area (Å²) < 4.78 is 5.24. The normalized spacial score (nSPS) is 17.4. The maximum Gasteiger partial charge on any atom is 0.407 e. The smallest absolute Gasteiger partial charge is 0.407 e. The molecule has 0 fully saturated rings.